The Kier molecular flexibility index (Phi) is 6.07. The van der Waals surface area contributed by atoms with Crippen LogP contribution in [-0.4, -0.2) is 0 Å². The van der Waals surface area contributed by atoms with Crippen LogP contribution in [0.3, 0.4) is 0 Å². The van der Waals surface area contributed by atoms with Gasteiger partial charge < -0.3 is 0 Å². The molecular weight excluding hydrogens is 192 g/mol. The Morgan fingerprint density at radius 2 is 1.38 bits per heavy atom. The lowest BCUT2D eigenvalue weighted by molar-refractivity contribution is 0.136. The highest BCUT2D eigenvalue weighted by Gasteiger charge is 2.30. The van der Waals surface area contributed by atoms with E-state index >= 15 is 0 Å². The molecule has 0 spiro atoms. The molecular formula is C16H34. The van der Waals surface area contributed by atoms with Gasteiger partial charge >= 0.3 is 0 Å². The molecule has 1 unspecified atom stereocenters. The van der Waals surface area contributed by atoms with Crippen molar-refractivity contribution < 1.29 is 0 Å². The van der Waals surface area contributed by atoms with E-state index in [0.29, 0.717) is 10.8 Å². The summed E-state index contributed by atoms with van der Waals surface area (Å²) in [6.07, 6.45) is 5.34. The lowest BCUT2D eigenvalue weighted by Crippen LogP contribution is -2.26. The largest absolute Gasteiger partial charge is 0.0651 e. The van der Waals surface area contributed by atoms with E-state index in [2.05, 4.69) is 55.4 Å². The first-order chi connectivity index (χ1) is 7.13. The summed E-state index contributed by atoms with van der Waals surface area (Å²) in [5.74, 6) is 1.72. The third kappa shape index (κ3) is 5.92. The molecule has 0 rings (SSSR count). The molecule has 1 atom stereocenters. The fourth-order valence-electron chi connectivity index (χ4n) is 3.05. The molecule has 0 aromatic carbocycles. The van der Waals surface area contributed by atoms with Gasteiger partial charge in [0.1, 0.15) is 0 Å². The summed E-state index contributed by atoms with van der Waals surface area (Å²) in [4.78, 5) is 0. The van der Waals surface area contributed by atoms with Crippen molar-refractivity contribution in [2.24, 2.45) is 22.7 Å². The first-order valence-corrected chi connectivity index (χ1v) is 7.13. The van der Waals surface area contributed by atoms with Crippen molar-refractivity contribution in [1.29, 1.82) is 0 Å². The lowest BCUT2D eigenvalue weighted by atomic mass is 9.68. The minimum absolute atomic E-state index is 0.491. The van der Waals surface area contributed by atoms with Gasteiger partial charge in [0.2, 0.25) is 0 Å². The fourth-order valence-corrected chi connectivity index (χ4v) is 3.05. The molecule has 0 heterocycles. The normalized spacial score (nSPS) is 15.6. The highest BCUT2D eigenvalue weighted by atomic mass is 14.4. The van der Waals surface area contributed by atoms with Gasteiger partial charge in [0, 0.05) is 0 Å². The topological polar surface area (TPSA) is 0 Å². The summed E-state index contributed by atoms with van der Waals surface area (Å²) in [5.41, 5.74) is 0.989. The molecule has 98 valence electrons. The van der Waals surface area contributed by atoms with Crippen LogP contribution in [0, 0.1) is 22.7 Å². The number of hydrogen-bond acceptors (Lipinski definition) is 0. The van der Waals surface area contributed by atoms with Gasteiger partial charge in [0.05, 0.1) is 0 Å². The molecule has 0 aliphatic carbocycles. The second-order valence-electron chi connectivity index (χ2n) is 7.48. The smallest absolute Gasteiger partial charge is 0.0346 e. The first-order valence-electron chi connectivity index (χ1n) is 7.13. The van der Waals surface area contributed by atoms with Crippen molar-refractivity contribution in [3.05, 3.63) is 0 Å². The molecule has 16 heavy (non-hydrogen) atoms. The van der Waals surface area contributed by atoms with Crippen LogP contribution >= 0.6 is 0 Å². The number of rotatable bonds is 7. The maximum Gasteiger partial charge on any atom is -0.0346 e. The fraction of sp³-hybridized carbons (Fsp3) is 1.00. The molecule has 0 saturated carbocycles. The van der Waals surface area contributed by atoms with E-state index in [-0.39, 0.29) is 0 Å². The van der Waals surface area contributed by atoms with Crippen LogP contribution in [0.2, 0.25) is 0 Å². The molecule has 0 aliphatic heterocycles. The third-order valence-electron chi connectivity index (χ3n) is 4.20. The minimum Gasteiger partial charge on any atom is -0.0651 e. The van der Waals surface area contributed by atoms with Gasteiger partial charge in [-0.2, -0.15) is 0 Å². The molecule has 0 aliphatic rings. The summed E-state index contributed by atoms with van der Waals surface area (Å²) in [7, 11) is 0. The van der Waals surface area contributed by atoms with Crippen molar-refractivity contribution in [1.82, 2.24) is 0 Å². The number of hydrogen-bond donors (Lipinski definition) is 0. The minimum atomic E-state index is 0.491. The first kappa shape index (κ1) is 16.0. The van der Waals surface area contributed by atoms with Crippen molar-refractivity contribution in [2.75, 3.05) is 0 Å². The Balaban J connectivity index is 4.43. The van der Waals surface area contributed by atoms with Crippen LogP contribution in [0.4, 0.5) is 0 Å². The van der Waals surface area contributed by atoms with Gasteiger partial charge in [-0.05, 0) is 35.5 Å². The van der Waals surface area contributed by atoms with Gasteiger partial charge in [0.15, 0.2) is 0 Å². The summed E-state index contributed by atoms with van der Waals surface area (Å²) in [6.45, 7) is 19.1. The Morgan fingerprint density at radius 1 is 0.875 bits per heavy atom. The summed E-state index contributed by atoms with van der Waals surface area (Å²) in [5, 5.41) is 0. The van der Waals surface area contributed by atoms with E-state index in [1.165, 1.54) is 25.7 Å². The average Bonchev–Trinajstić information content (AvgIpc) is 2.12. The van der Waals surface area contributed by atoms with Gasteiger partial charge in [-0.25, -0.2) is 0 Å². The molecule has 0 amide bonds. The predicted octanol–water partition coefficient (Wildman–Crippen LogP) is 5.91. The summed E-state index contributed by atoms with van der Waals surface area (Å²) >= 11 is 0. The maximum atomic E-state index is 2.45. The van der Waals surface area contributed by atoms with Gasteiger partial charge in [-0.1, -0.05) is 68.2 Å². The molecule has 0 bridgehead atoms. The van der Waals surface area contributed by atoms with E-state index in [9.17, 15) is 0 Å². The second-order valence-corrected chi connectivity index (χ2v) is 7.48. The van der Waals surface area contributed by atoms with Crippen molar-refractivity contribution >= 4 is 0 Å². The van der Waals surface area contributed by atoms with Crippen molar-refractivity contribution in [2.45, 2.75) is 81.1 Å². The summed E-state index contributed by atoms with van der Waals surface area (Å²) < 4.78 is 0. The van der Waals surface area contributed by atoms with E-state index in [4.69, 9.17) is 0 Å². The second kappa shape index (κ2) is 6.07. The van der Waals surface area contributed by atoms with E-state index in [1.807, 2.05) is 0 Å². The van der Waals surface area contributed by atoms with Crippen LogP contribution in [0.5, 0.6) is 0 Å². The monoisotopic (exact) mass is 226 g/mol. The molecule has 0 aromatic rings. The van der Waals surface area contributed by atoms with Crippen LogP contribution in [-0.2, 0) is 0 Å². The van der Waals surface area contributed by atoms with Gasteiger partial charge in [-0.15, -0.1) is 0 Å². The van der Waals surface area contributed by atoms with Crippen molar-refractivity contribution in [3.63, 3.8) is 0 Å². The predicted molar refractivity (Wildman–Crippen MR) is 75.7 cm³/mol. The van der Waals surface area contributed by atoms with Crippen LogP contribution < -0.4 is 0 Å². The highest BCUT2D eigenvalue weighted by molar-refractivity contribution is 4.81. The highest BCUT2D eigenvalue weighted by Crippen LogP contribution is 2.41. The zero-order chi connectivity index (χ0) is 13.0. The quantitative estimate of drug-likeness (QED) is 0.506. The third-order valence-corrected chi connectivity index (χ3v) is 4.20. The van der Waals surface area contributed by atoms with E-state index < -0.39 is 0 Å². The van der Waals surface area contributed by atoms with Crippen LogP contribution in [0.15, 0.2) is 0 Å². The standard InChI is InChI=1S/C16H34/c1-9-14(13(3)4)11-16(7,8)12-15(5,6)10-2/h13-14H,9-12H2,1-8H3. The van der Waals surface area contributed by atoms with Gasteiger partial charge in [0.25, 0.3) is 0 Å². The molecule has 0 N–H and O–H groups in total. The molecule has 0 aromatic heterocycles. The molecule has 0 heteroatoms. The Labute approximate surface area is 104 Å². The molecule has 0 nitrogen and oxygen atoms in total. The lowest BCUT2D eigenvalue weighted by Gasteiger charge is -2.37. The van der Waals surface area contributed by atoms with E-state index in [1.54, 1.807) is 0 Å². The SMILES string of the molecule is CCC(CC(C)(C)CC(C)(C)CC)C(C)C. The van der Waals surface area contributed by atoms with Crippen molar-refractivity contribution in [3.8, 4) is 0 Å². The van der Waals surface area contributed by atoms with Crippen LogP contribution in [0.25, 0.3) is 0 Å². The Bertz CT molecular complexity index is 186. The molecule has 0 radical (unpaired) electrons. The molecule has 0 fully saturated rings. The van der Waals surface area contributed by atoms with Gasteiger partial charge in [-0.3, -0.25) is 0 Å². The Morgan fingerprint density at radius 3 is 1.69 bits per heavy atom. The maximum absolute atomic E-state index is 2.45. The summed E-state index contributed by atoms with van der Waals surface area (Å²) in [6, 6.07) is 0. The van der Waals surface area contributed by atoms with Crippen LogP contribution in [0.1, 0.15) is 81.1 Å². The zero-order valence-corrected chi connectivity index (χ0v) is 13.0. The van der Waals surface area contributed by atoms with E-state index in [0.717, 1.165) is 11.8 Å². The molecule has 0 saturated heterocycles. The zero-order valence-electron chi connectivity index (χ0n) is 13.0. The average molecular weight is 226 g/mol. The Hall–Kier alpha value is 0.